The fraction of sp³-hybridized carbons (Fsp3) is 0.229. The number of aliphatic carboxylic acids is 1. The number of nitrogens with zero attached hydrogens (tertiary/aromatic N) is 8. The van der Waals surface area contributed by atoms with Gasteiger partial charge < -0.3 is 45.7 Å². The van der Waals surface area contributed by atoms with Crippen molar-refractivity contribution in [1.82, 2.24) is 39.3 Å². The summed E-state index contributed by atoms with van der Waals surface area (Å²) in [6.07, 6.45) is 14.8. The van der Waals surface area contributed by atoms with Crippen molar-refractivity contribution in [2.75, 3.05) is 63.1 Å². The van der Waals surface area contributed by atoms with E-state index in [2.05, 4.69) is 37.8 Å². The van der Waals surface area contributed by atoms with Crippen LogP contribution in [-0.2, 0) is 22.7 Å². The lowest BCUT2D eigenvalue weighted by Gasteiger charge is -2.13. The van der Waals surface area contributed by atoms with E-state index in [4.69, 9.17) is 45.0 Å². The highest BCUT2D eigenvalue weighted by molar-refractivity contribution is 6.03. The first-order valence-electron chi connectivity index (χ1n) is 29.5. The Morgan fingerprint density at radius 1 is 0.562 bits per heavy atom. The number of nitrogens with one attached hydrogen (secondary N) is 3. The molecule has 4 aromatic heterocycles. The van der Waals surface area contributed by atoms with Gasteiger partial charge in [0.05, 0.1) is 50.1 Å². The molecular formula is C70H74N12O7. The Labute approximate surface area is 518 Å². The van der Waals surface area contributed by atoms with Crippen molar-refractivity contribution in [2.45, 2.75) is 64.7 Å². The molecular weight excluding hydrogens is 1120 g/mol. The van der Waals surface area contributed by atoms with Crippen LogP contribution < -0.4 is 40.6 Å². The molecule has 0 aliphatic heterocycles. The van der Waals surface area contributed by atoms with Crippen LogP contribution in [0.15, 0.2) is 194 Å². The SMILES string of the molecule is CN(C/C=C/C(=O)O)C1CC1.COc1ccc(Cn2nc(Nc3ccccc3N)c3c(Oc4ccc(C)cc4)ccnc32)cc1.COc1ccc(Cn2nc(Nc3ccccc3NC(=O)/C=C/CN(C)C3CC3)c3c(Oc4ccc(C)cc4)ccnc32)cc1. The Balaban J connectivity index is 0.000000171. The van der Waals surface area contributed by atoms with E-state index in [0.717, 1.165) is 63.5 Å². The van der Waals surface area contributed by atoms with E-state index in [1.54, 1.807) is 38.8 Å². The summed E-state index contributed by atoms with van der Waals surface area (Å²) in [4.78, 5) is 36.7. The number of anilines is 6. The third-order valence-electron chi connectivity index (χ3n) is 15.0. The Morgan fingerprint density at radius 2 is 0.978 bits per heavy atom. The standard InChI is InChI=1S/C35H36N6O3.C27H25N5O2.C8H13NO2/c1-24-10-16-28(17-11-24)44-31-20-21-36-35-33(31)34(39-41(35)23-25-12-18-27(43-3)19-13-25)38-30-8-5-4-7-29(30)37-32(42)9-6-22-40(2)26-14-15-26;1-18-7-11-21(12-8-18)34-24-15-16-29-27-25(24)26(30-23-6-4-3-5-22(23)28)31-32(27)17-19-9-13-20(33-2)14-10-19;1-9(7-4-5-7)6-2-3-8(10)11/h4-13,16-21,26H,14-15,22-23H2,1-3H3,(H,37,42)(H,38,39);3-16H,17,28H2,1-2H3,(H,30,31);2-3,7H,4-6H2,1H3,(H,10,11)/b9-6+;;3-2+. The lowest BCUT2D eigenvalue weighted by atomic mass is 10.2. The van der Waals surface area contributed by atoms with Crippen molar-refractivity contribution in [3.8, 4) is 34.5 Å². The van der Waals surface area contributed by atoms with E-state index in [1.165, 1.54) is 37.3 Å². The molecule has 0 spiro atoms. The molecule has 4 heterocycles. The third kappa shape index (κ3) is 16.9. The van der Waals surface area contributed by atoms with E-state index < -0.39 is 5.97 Å². The van der Waals surface area contributed by atoms with Gasteiger partial charge in [-0.15, -0.1) is 0 Å². The normalized spacial score (nSPS) is 12.8. The van der Waals surface area contributed by atoms with Crippen LogP contribution in [0.1, 0.15) is 47.9 Å². The maximum absolute atomic E-state index is 12.8. The predicted molar refractivity (Wildman–Crippen MR) is 351 cm³/mol. The highest BCUT2D eigenvalue weighted by Gasteiger charge is 2.26. The Bertz CT molecular complexity index is 4060. The first kappa shape index (κ1) is 61.6. The number of ether oxygens (including phenoxy) is 4. The highest BCUT2D eigenvalue weighted by atomic mass is 16.5. The number of aromatic nitrogens is 6. The fourth-order valence-corrected chi connectivity index (χ4v) is 9.70. The molecule has 0 radical (unpaired) electrons. The molecule has 2 fully saturated rings. The van der Waals surface area contributed by atoms with Crippen molar-refractivity contribution >= 4 is 68.3 Å². The predicted octanol–water partition coefficient (Wildman–Crippen LogP) is 13.6. The minimum Gasteiger partial charge on any atom is -0.497 e. The molecule has 0 bridgehead atoms. The van der Waals surface area contributed by atoms with Crippen LogP contribution >= 0.6 is 0 Å². The van der Waals surface area contributed by atoms with Gasteiger partial charge in [-0.25, -0.2) is 24.1 Å². The lowest BCUT2D eigenvalue weighted by molar-refractivity contribution is -0.131. The van der Waals surface area contributed by atoms with Crippen LogP contribution in [0, 0.1) is 13.8 Å². The molecule has 0 saturated heterocycles. The smallest absolute Gasteiger partial charge is 0.328 e. The number of methoxy groups -OCH3 is 2. The topological polar surface area (TPSA) is 221 Å². The first-order chi connectivity index (χ1) is 43.3. The van der Waals surface area contributed by atoms with Gasteiger partial charge in [-0.2, -0.15) is 10.2 Å². The highest BCUT2D eigenvalue weighted by Crippen LogP contribution is 2.39. The minimum atomic E-state index is -0.866. The number of benzene rings is 6. The van der Waals surface area contributed by atoms with E-state index in [9.17, 15) is 9.59 Å². The summed E-state index contributed by atoms with van der Waals surface area (Å²) >= 11 is 0. The number of carbonyl (C=O) groups excluding carboxylic acids is 1. The average Bonchev–Trinajstić information content (AvgIpc) is 2.44. The number of carbonyl (C=O) groups is 2. The van der Waals surface area contributed by atoms with Gasteiger partial charge in [0.25, 0.3) is 0 Å². The Kier molecular flexibility index (Phi) is 20.2. The van der Waals surface area contributed by atoms with E-state index in [1.807, 2.05) is 194 Å². The number of rotatable bonds is 23. The van der Waals surface area contributed by atoms with Gasteiger partial charge in [0.15, 0.2) is 22.9 Å². The summed E-state index contributed by atoms with van der Waals surface area (Å²) < 4.78 is 26.9. The molecule has 10 aromatic rings. The molecule has 6 aromatic carbocycles. The molecule has 0 unspecified atom stereocenters. The first-order valence-corrected chi connectivity index (χ1v) is 29.5. The largest absolute Gasteiger partial charge is 0.497 e. The maximum Gasteiger partial charge on any atom is 0.328 e. The third-order valence-corrected chi connectivity index (χ3v) is 15.0. The number of hydrogen-bond acceptors (Lipinski definition) is 15. The van der Waals surface area contributed by atoms with Crippen molar-refractivity contribution in [1.29, 1.82) is 0 Å². The molecule has 0 atom stereocenters. The molecule has 6 N–H and O–H groups in total. The molecule has 2 aliphatic carbocycles. The molecule has 19 nitrogen and oxygen atoms in total. The number of pyridine rings is 2. The van der Waals surface area contributed by atoms with Gasteiger partial charge in [0.2, 0.25) is 5.91 Å². The van der Waals surface area contributed by atoms with Crippen molar-refractivity contribution in [3.63, 3.8) is 0 Å². The van der Waals surface area contributed by atoms with Crippen LogP contribution in [0.3, 0.4) is 0 Å². The van der Waals surface area contributed by atoms with Crippen LogP contribution in [0.5, 0.6) is 34.5 Å². The van der Waals surface area contributed by atoms with Gasteiger partial charge in [0.1, 0.15) is 45.3 Å². The van der Waals surface area contributed by atoms with E-state index in [0.29, 0.717) is 82.4 Å². The molecule has 2 aliphatic rings. The molecule has 89 heavy (non-hydrogen) atoms. The average molecular weight is 1200 g/mol. The second-order valence-corrected chi connectivity index (χ2v) is 21.9. The number of nitrogen functional groups attached to an aromatic ring is 1. The van der Waals surface area contributed by atoms with Gasteiger partial charge in [-0.1, -0.05) is 96.1 Å². The summed E-state index contributed by atoms with van der Waals surface area (Å²) in [7, 11) is 7.41. The summed E-state index contributed by atoms with van der Waals surface area (Å²) in [5.41, 5.74) is 14.7. The number of fused-ring (bicyclic) bond motifs is 2. The lowest BCUT2D eigenvalue weighted by Crippen LogP contribution is -2.20. The number of likely N-dealkylation sites (N-methyl/N-ethyl adjacent to an activating group) is 2. The Morgan fingerprint density at radius 3 is 1.42 bits per heavy atom. The van der Waals surface area contributed by atoms with Gasteiger partial charge in [-0.3, -0.25) is 14.6 Å². The van der Waals surface area contributed by atoms with Crippen molar-refractivity contribution < 1.29 is 33.6 Å². The van der Waals surface area contributed by atoms with Crippen LogP contribution in [0.4, 0.5) is 34.4 Å². The van der Waals surface area contributed by atoms with Crippen molar-refractivity contribution in [3.05, 3.63) is 217 Å². The van der Waals surface area contributed by atoms with Gasteiger partial charge in [-0.05, 0) is 138 Å². The van der Waals surface area contributed by atoms with Crippen LogP contribution in [0.25, 0.3) is 22.1 Å². The zero-order valence-electron chi connectivity index (χ0n) is 50.8. The number of aryl methyl sites for hydroxylation is 2. The number of carboxylic acid groups (broad SMARTS) is 1. The number of hydrogen-bond donors (Lipinski definition) is 5. The van der Waals surface area contributed by atoms with Crippen LogP contribution in [0.2, 0.25) is 0 Å². The molecule has 456 valence electrons. The van der Waals surface area contributed by atoms with Crippen molar-refractivity contribution in [2.24, 2.45) is 0 Å². The molecule has 1 amide bonds. The second-order valence-electron chi connectivity index (χ2n) is 21.9. The summed E-state index contributed by atoms with van der Waals surface area (Å²) in [6, 6.07) is 51.8. The maximum atomic E-state index is 12.8. The molecule has 2 saturated carbocycles. The Hall–Kier alpha value is -10.5. The van der Waals surface area contributed by atoms with Crippen LogP contribution in [-0.4, -0.2) is 110 Å². The summed E-state index contributed by atoms with van der Waals surface area (Å²) in [5, 5.41) is 29.4. The monoisotopic (exact) mass is 1190 g/mol. The number of amides is 1. The van der Waals surface area contributed by atoms with Gasteiger partial charge >= 0.3 is 5.97 Å². The molecule has 19 heteroatoms. The number of para-hydroxylation sites is 4. The fourth-order valence-electron chi connectivity index (χ4n) is 9.70. The quantitative estimate of drug-likeness (QED) is 0.0297. The number of nitrogens with two attached hydrogens (primary N) is 1. The summed E-state index contributed by atoms with van der Waals surface area (Å²) in [6.45, 7) is 6.60. The second kappa shape index (κ2) is 29.3. The summed E-state index contributed by atoms with van der Waals surface area (Å²) in [5.74, 6) is 4.45. The van der Waals surface area contributed by atoms with E-state index >= 15 is 0 Å². The minimum absolute atomic E-state index is 0.191. The van der Waals surface area contributed by atoms with E-state index in [-0.39, 0.29) is 5.91 Å². The zero-order chi connectivity index (χ0) is 62.2. The van der Waals surface area contributed by atoms with Gasteiger partial charge in [0, 0.05) is 61.9 Å². The zero-order valence-corrected chi connectivity index (χ0v) is 50.8. The molecule has 12 rings (SSSR count). The number of carboxylic acids is 1.